The summed E-state index contributed by atoms with van der Waals surface area (Å²) in [6.07, 6.45) is 5.00. The number of hydrogen-bond donors (Lipinski definition) is 1. The molecule has 1 saturated heterocycles. The molecule has 5 nitrogen and oxygen atoms in total. The topological polar surface area (TPSA) is 66.5 Å². The van der Waals surface area contributed by atoms with Gasteiger partial charge in [0.25, 0.3) is 0 Å². The van der Waals surface area contributed by atoms with Crippen LogP contribution in [-0.2, 0) is 14.4 Å². The van der Waals surface area contributed by atoms with Gasteiger partial charge in [0.1, 0.15) is 6.54 Å². The number of rotatable bonds is 3. The number of nitrogens with one attached hydrogen (secondary N) is 1. The van der Waals surface area contributed by atoms with Crippen molar-refractivity contribution in [3.63, 3.8) is 0 Å². The van der Waals surface area contributed by atoms with Gasteiger partial charge in [0.2, 0.25) is 17.7 Å². The molecule has 1 N–H and O–H groups in total. The standard InChI is InChI=1S/C18H18N2O3/c1-10-3-2-4-13(7-10)19-14(21)9-20-17(22)15-11-5-6-12(8-11)16(15)18(20)23/h2-7,11-12,15-16H,8-9H2,1H3,(H,19,21)/t11-,12-,15-,16+/m0/s1. The SMILES string of the molecule is Cc1cccc(NC(=O)CN2C(=O)[C@@H]3[C@H](C2=O)[C@H]2C=C[C@H]3C2)c1. The Labute approximate surface area is 134 Å². The summed E-state index contributed by atoms with van der Waals surface area (Å²) in [6, 6.07) is 7.43. The Morgan fingerprint density at radius 3 is 2.43 bits per heavy atom. The quantitative estimate of drug-likeness (QED) is 0.683. The zero-order chi connectivity index (χ0) is 16.1. The number of benzene rings is 1. The predicted octanol–water partition coefficient (Wildman–Crippen LogP) is 1.74. The van der Waals surface area contributed by atoms with E-state index >= 15 is 0 Å². The summed E-state index contributed by atoms with van der Waals surface area (Å²) in [5, 5.41) is 2.75. The normalized spacial score (nSPS) is 30.9. The first kappa shape index (κ1) is 14.2. The van der Waals surface area contributed by atoms with Crippen LogP contribution in [0.25, 0.3) is 0 Å². The zero-order valence-corrected chi connectivity index (χ0v) is 12.9. The molecule has 3 aliphatic rings. The molecule has 0 radical (unpaired) electrons. The van der Waals surface area contributed by atoms with Crippen molar-refractivity contribution in [2.45, 2.75) is 13.3 Å². The molecule has 3 amide bonds. The number of amides is 3. The Balaban J connectivity index is 1.46. The van der Waals surface area contributed by atoms with E-state index in [0.29, 0.717) is 5.69 Å². The molecule has 0 unspecified atom stereocenters. The number of imide groups is 1. The Hall–Kier alpha value is -2.43. The van der Waals surface area contributed by atoms with Crippen molar-refractivity contribution in [3.8, 4) is 0 Å². The van der Waals surface area contributed by atoms with Crippen molar-refractivity contribution in [2.75, 3.05) is 11.9 Å². The Morgan fingerprint density at radius 2 is 1.83 bits per heavy atom. The van der Waals surface area contributed by atoms with E-state index in [9.17, 15) is 14.4 Å². The number of allylic oxidation sites excluding steroid dienone is 2. The molecule has 5 heteroatoms. The van der Waals surface area contributed by atoms with Gasteiger partial charge in [-0.2, -0.15) is 0 Å². The van der Waals surface area contributed by atoms with Crippen LogP contribution in [0.5, 0.6) is 0 Å². The van der Waals surface area contributed by atoms with Gasteiger partial charge in [-0.1, -0.05) is 24.3 Å². The molecule has 1 aromatic carbocycles. The lowest BCUT2D eigenvalue weighted by Crippen LogP contribution is -2.39. The molecule has 1 aliphatic heterocycles. The molecular weight excluding hydrogens is 292 g/mol. The Kier molecular flexibility index (Phi) is 3.11. The number of anilines is 1. The molecule has 0 aromatic heterocycles. The second-order valence-electron chi connectivity index (χ2n) is 6.68. The fraction of sp³-hybridized carbons (Fsp3) is 0.389. The average molecular weight is 310 g/mol. The van der Waals surface area contributed by atoms with Crippen LogP contribution in [0, 0.1) is 30.6 Å². The maximum atomic E-state index is 12.5. The number of carbonyl (C=O) groups excluding carboxylic acids is 3. The van der Waals surface area contributed by atoms with Crippen molar-refractivity contribution < 1.29 is 14.4 Å². The first-order valence-electron chi connectivity index (χ1n) is 7.94. The van der Waals surface area contributed by atoms with Gasteiger partial charge in [0.15, 0.2) is 0 Å². The number of aryl methyl sites for hydroxylation is 1. The molecular formula is C18H18N2O3. The van der Waals surface area contributed by atoms with E-state index in [-0.39, 0.29) is 47.9 Å². The predicted molar refractivity (Wildman–Crippen MR) is 84.2 cm³/mol. The van der Waals surface area contributed by atoms with Gasteiger partial charge >= 0.3 is 0 Å². The minimum Gasteiger partial charge on any atom is -0.325 e. The van der Waals surface area contributed by atoms with Gasteiger partial charge in [0, 0.05) is 5.69 Å². The van der Waals surface area contributed by atoms with Crippen molar-refractivity contribution in [1.29, 1.82) is 0 Å². The summed E-state index contributed by atoms with van der Waals surface area (Å²) in [5.41, 5.74) is 1.71. The van der Waals surface area contributed by atoms with Gasteiger partial charge in [-0.25, -0.2) is 0 Å². The van der Waals surface area contributed by atoms with E-state index in [1.54, 1.807) is 6.07 Å². The molecule has 2 aliphatic carbocycles. The Bertz CT molecular complexity index is 710. The van der Waals surface area contributed by atoms with Crippen LogP contribution < -0.4 is 5.32 Å². The van der Waals surface area contributed by atoms with Crippen molar-refractivity contribution in [1.82, 2.24) is 4.90 Å². The molecule has 0 spiro atoms. The minimum atomic E-state index is -0.336. The summed E-state index contributed by atoms with van der Waals surface area (Å²) in [6.45, 7) is 1.74. The summed E-state index contributed by atoms with van der Waals surface area (Å²) in [5.74, 6) is -0.851. The highest BCUT2D eigenvalue weighted by atomic mass is 16.2. The van der Waals surface area contributed by atoms with Crippen LogP contribution in [0.3, 0.4) is 0 Å². The third-order valence-electron chi connectivity index (χ3n) is 5.17. The number of likely N-dealkylation sites (tertiary alicyclic amines) is 1. The monoisotopic (exact) mass is 310 g/mol. The summed E-state index contributed by atoms with van der Waals surface area (Å²) < 4.78 is 0. The number of carbonyl (C=O) groups is 3. The summed E-state index contributed by atoms with van der Waals surface area (Å²) in [4.78, 5) is 38.4. The van der Waals surface area contributed by atoms with Crippen LogP contribution in [0.15, 0.2) is 36.4 Å². The maximum absolute atomic E-state index is 12.5. The molecule has 2 fully saturated rings. The molecule has 4 rings (SSSR count). The number of hydrogen-bond acceptors (Lipinski definition) is 3. The molecule has 4 atom stereocenters. The lowest BCUT2D eigenvalue weighted by Gasteiger charge is -2.16. The van der Waals surface area contributed by atoms with Crippen LogP contribution >= 0.6 is 0 Å². The van der Waals surface area contributed by atoms with Gasteiger partial charge in [-0.15, -0.1) is 0 Å². The van der Waals surface area contributed by atoms with E-state index < -0.39 is 0 Å². The molecule has 1 heterocycles. The smallest absolute Gasteiger partial charge is 0.244 e. The first-order valence-corrected chi connectivity index (χ1v) is 7.94. The number of fused-ring (bicyclic) bond motifs is 5. The van der Waals surface area contributed by atoms with Gasteiger partial charge in [-0.05, 0) is 42.9 Å². The lowest BCUT2D eigenvalue weighted by atomic mass is 9.85. The van der Waals surface area contributed by atoms with Crippen LogP contribution in [0.1, 0.15) is 12.0 Å². The molecule has 1 aromatic rings. The average Bonchev–Trinajstić information content (AvgIpc) is 3.17. The van der Waals surface area contributed by atoms with Crippen LogP contribution in [-0.4, -0.2) is 29.2 Å². The number of nitrogens with zero attached hydrogens (tertiary/aromatic N) is 1. The van der Waals surface area contributed by atoms with E-state index in [1.807, 2.05) is 37.3 Å². The fourth-order valence-corrected chi connectivity index (χ4v) is 4.19. The van der Waals surface area contributed by atoms with Crippen molar-refractivity contribution in [2.24, 2.45) is 23.7 Å². The summed E-state index contributed by atoms with van der Waals surface area (Å²) >= 11 is 0. The summed E-state index contributed by atoms with van der Waals surface area (Å²) in [7, 11) is 0. The fourth-order valence-electron chi connectivity index (χ4n) is 4.19. The van der Waals surface area contributed by atoms with Crippen molar-refractivity contribution in [3.05, 3.63) is 42.0 Å². The first-order chi connectivity index (χ1) is 11.0. The highest BCUT2D eigenvalue weighted by Crippen LogP contribution is 2.52. The molecule has 1 saturated carbocycles. The minimum absolute atomic E-state index is 0.172. The highest BCUT2D eigenvalue weighted by molar-refractivity contribution is 6.09. The largest absolute Gasteiger partial charge is 0.325 e. The second kappa shape index (κ2) is 5.05. The lowest BCUT2D eigenvalue weighted by molar-refractivity contribution is -0.143. The van der Waals surface area contributed by atoms with E-state index in [4.69, 9.17) is 0 Å². The Morgan fingerprint density at radius 1 is 1.17 bits per heavy atom. The maximum Gasteiger partial charge on any atom is 0.244 e. The van der Waals surface area contributed by atoms with Crippen LogP contribution in [0.2, 0.25) is 0 Å². The van der Waals surface area contributed by atoms with E-state index in [2.05, 4.69) is 5.32 Å². The molecule has 23 heavy (non-hydrogen) atoms. The van der Waals surface area contributed by atoms with Gasteiger partial charge in [0.05, 0.1) is 11.8 Å². The van der Waals surface area contributed by atoms with E-state index in [1.165, 1.54) is 0 Å². The molecule has 2 bridgehead atoms. The van der Waals surface area contributed by atoms with Crippen LogP contribution in [0.4, 0.5) is 5.69 Å². The van der Waals surface area contributed by atoms with E-state index in [0.717, 1.165) is 16.9 Å². The van der Waals surface area contributed by atoms with Gasteiger partial charge in [-0.3, -0.25) is 19.3 Å². The van der Waals surface area contributed by atoms with Crippen molar-refractivity contribution >= 4 is 23.4 Å². The highest BCUT2D eigenvalue weighted by Gasteiger charge is 2.59. The van der Waals surface area contributed by atoms with Gasteiger partial charge < -0.3 is 5.32 Å². The zero-order valence-electron chi connectivity index (χ0n) is 12.9. The third-order valence-corrected chi connectivity index (χ3v) is 5.17. The second-order valence-corrected chi connectivity index (χ2v) is 6.68. The third kappa shape index (κ3) is 2.19. The molecule has 118 valence electrons.